The van der Waals surface area contributed by atoms with Crippen molar-refractivity contribution in [3.8, 4) is 6.07 Å². The number of carbonyl (C=O) groups is 1. The van der Waals surface area contributed by atoms with E-state index in [9.17, 15) is 4.79 Å². The predicted molar refractivity (Wildman–Crippen MR) is 128 cm³/mol. The Labute approximate surface area is 193 Å². The Morgan fingerprint density at radius 3 is 2.73 bits per heavy atom. The highest BCUT2D eigenvalue weighted by Gasteiger charge is 2.27. The molecule has 2 heterocycles. The molecule has 1 aliphatic heterocycles. The van der Waals surface area contributed by atoms with Gasteiger partial charge in [-0.25, -0.2) is 4.98 Å². The fraction of sp³-hybridized carbons (Fsp3) is 0.222. The molecule has 1 fully saturated rings. The quantitative estimate of drug-likeness (QED) is 0.498. The van der Waals surface area contributed by atoms with Crippen molar-refractivity contribution in [2.45, 2.75) is 25.6 Å². The maximum atomic E-state index is 13.0. The Balaban J connectivity index is 1.18. The first kappa shape index (κ1) is 20.9. The number of carbonyl (C=O) groups excluding carboxylic acids is 1. The van der Waals surface area contributed by atoms with E-state index in [0.29, 0.717) is 25.2 Å². The fourth-order valence-corrected chi connectivity index (χ4v) is 4.38. The molecule has 0 radical (unpaired) electrons. The molecule has 0 bridgehead atoms. The molecule has 164 valence electrons. The average molecular weight is 436 g/mol. The largest absolute Gasteiger partial charge is 0.337 e. The normalized spacial score (nSPS) is 15.6. The molecule has 0 aliphatic carbocycles. The molecule has 1 aromatic heterocycles. The number of benzene rings is 3. The van der Waals surface area contributed by atoms with E-state index in [1.54, 1.807) is 0 Å². The topological polar surface area (TPSA) is 74.0 Å². The van der Waals surface area contributed by atoms with Gasteiger partial charge >= 0.3 is 0 Å². The van der Waals surface area contributed by atoms with Gasteiger partial charge in [-0.1, -0.05) is 42.5 Å². The molecule has 0 saturated carbocycles. The van der Waals surface area contributed by atoms with E-state index < -0.39 is 0 Å². The van der Waals surface area contributed by atoms with Crippen LogP contribution in [-0.2, 0) is 13.1 Å². The Morgan fingerprint density at radius 1 is 1.09 bits per heavy atom. The van der Waals surface area contributed by atoms with Crippen LogP contribution in [0.3, 0.4) is 0 Å². The van der Waals surface area contributed by atoms with Crippen molar-refractivity contribution in [3.05, 3.63) is 102 Å². The second kappa shape index (κ2) is 9.27. The lowest BCUT2D eigenvalue weighted by Gasteiger charge is -2.18. The van der Waals surface area contributed by atoms with E-state index in [-0.39, 0.29) is 11.9 Å². The Morgan fingerprint density at radius 2 is 1.91 bits per heavy atom. The van der Waals surface area contributed by atoms with Crippen LogP contribution in [0.1, 0.15) is 33.6 Å². The van der Waals surface area contributed by atoms with E-state index in [1.807, 2.05) is 78.1 Å². The van der Waals surface area contributed by atoms with E-state index in [0.717, 1.165) is 40.6 Å². The van der Waals surface area contributed by atoms with Crippen LogP contribution < -0.4 is 5.32 Å². The van der Waals surface area contributed by atoms with E-state index in [2.05, 4.69) is 27.0 Å². The molecule has 33 heavy (non-hydrogen) atoms. The molecule has 1 saturated heterocycles. The smallest absolute Gasteiger partial charge is 0.253 e. The summed E-state index contributed by atoms with van der Waals surface area (Å²) in [5, 5.41) is 14.8. The third-order valence-electron chi connectivity index (χ3n) is 6.28. The lowest BCUT2D eigenvalue weighted by Crippen LogP contribution is -2.35. The number of nitriles is 1. The summed E-state index contributed by atoms with van der Waals surface area (Å²) in [5.74, 6) is 0.0934. The van der Waals surface area contributed by atoms with E-state index >= 15 is 0 Å². The van der Waals surface area contributed by atoms with Gasteiger partial charge in [-0.2, -0.15) is 5.26 Å². The standard InChI is InChI=1S/C27H25N5O/c28-14-20-5-7-21(8-6-20)17-32-19-29-15-26(32)16-30-25-11-12-31(18-25)27(33)24-10-9-22-3-1-2-4-23(22)13-24/h1-10,13,15,19,25,30H,11-12,16-18H2/t25-/m0/s1. The molecule has 5 rings (SSSR count). The Hall–Kier alpha value is -3.95. The SMILES string of the molecule is N#Cc1ccc(Cn2cncc2CN[C@H]2CCN(C(=O)c3ccc4ccccc4c3)C2)cc1. The number of imidazole rings is 1. The zero-order valence-electron chi connectivity index (χ0n) is 18.3. The highest BCUT2D eigenvalue weighted by atomic mass is 16.2. The van der Waals surface area contributed by atoms with Crippen LogP contribution in [0.15, 0.2) is 79.3 Å². The van der Waals surface area contributed by atoms with Crippen LogP contribution >= 0.6 is 0 Å². The molecule has 0 unspecified atom stereocenters. The highest BCUT2D eigenvalue weighted by molar-refractivity contribution is 5.98. The molecule has 1 aliphatic rings. The van der Waals surface area contributed by atoms with Crippen LogP contribution in [0.5, 0.6) is 0 Å². The summed E-state index contributed by atoms with van der Waals surface area (Å²) in [4.78, 5) is 19.3. The molecule has 4 aromatic rings. The molecule has 0 spiro atoms. The third kappa shape index (κ3) is 4.64. The summed E-state index contributed by atoms with van der Waals surface area (Å²) in [6, 6.07) is 24.1. The summed E-state index contributed by atoms with van der Waals surface area (Å²) in [6.45, 7) is 2.86. The van der Waals surface area contributed by atoms with Crippen LogP contribution in [0.25, 0.3) is 10.8 Å². The minimum atomic E-state index is 0.0934. The summed E-state index contributed by atoms with van der Waals surface area (Å²) in [6.07, 6.45) is 4.64. The van der Waals surface area contributed by atoms with Crippen molar-refractivity contribution in [1.29, 1.82) is 5.26 Å². The van der Waals surface area contributed by atoms with Crippen LogP contribution in [0.4, 0.5) is 0 Å². The zero-order chi connectivity index (χ0) is 22.6. The number of likely N-dealkylation sites (tertiary alicyclic amines) is 1. The predicted octanol–water partition coefficient (Wildman–Crippen LogP) is 3.96. The van der Waals surface area contributed by atoms with Crippen LogP contribution in [0.2, 0.25) is 0 Å². The van der Waals surface area contributed by atoms with E-state index in [1.165, 1.54) is 0 Å². The molecule has 6 heteroatoms. The van der Waals surface area contributed by atoms with Crippen LogP contribution in [0, 0.1) is 11.3 Å². The van der Waals surface area contributed by atoms with Gasteiger partial charge in [0.25, 0.3) is 5.91 Å². The van der Waals surface area contributed by atoms with Gasteiger partial charge in [-0.15, -0.1) is 0 Å². The maximum Gasteiger partial charge on any atom is 0.253 e. The molecule has 1 N–H and O–H groups in total. The van der Waals surface area contributed by atoms with Crippen molar-refractivity contribution in [1.82, 2.24) is 19.8 Å². The van der Waals surface area contributed by atoms with Gasteiger partial charge in [0.05, 0.1) is 23.7 Å². The number of amides is 1. The molecule has 6 nitrogen and oxygen atoms in total. The molecule has 3 aromatic carbocycles. The third-order valence-corrected chi connectivity index (χ3v) is 6.28. The van der Waals surface area contributed by atoms with Gasteiger partial charge in [0.2, 0.25) is 0 Å². The van der Waals surface area contributed by atoms with Gasteiger partial charge in [0, 0.05) is 44.0 Å². The molecular weight excluding hydrogens is 410 g/mol. The van der Waals surface area contributed by atoms with E-state index in [4.69, 9.17) is 5.26 Å². The number of hydrogen-bond donors (Lipinski definition) is 1. The van der Waals surface area contributed by atoms with Crippen molar-refractivity contribution >= 4 is 16.7 Å². The average Bonchev–Trinajstić information content (AvgIpc) is 3.52. The second-order valence-electron chi connectivity index (χ2n) is 8.50. The number of hydrogen-bond acceptors (Lipinski definition) is 4. The zero-order valence-corrected chi connectivity index (χ0v) is 18.3. The summed E-state index contributed by atoms with van der Waals surface area (Å²) < 4.78 is 2.11. The number of rotatable bonds is 6. The van der Waals surface area contributed by atoms with Gasteiger partial charge in [-0.05, 0) is 47.0 Å². The Bertz CT molecular complexity index is 1320. The van der Waals surface area contributed by atoms with Crippen molar-refractivity contribution in [3.63, 3.8) is 0 Å². The lowest BCUT2D eigenvalue weighted by atomic mass is 10.1. The molecule has 1 atom stereocenters. The molecular formula is C27H25N5O. The summed E-state index contributed by atoms with van der Waals surface area (Å²) in [7, 11) is 0. The number of aromatic nitrogens is 2. The maximum absolute atomic E-state index is 13.0. The molecule has 1 amide bonds. The first-order valence-corrected chi connectivity index (χ1v) is 11.2. The van der Waals surface area contributed by atoms with Crippen LogP contribution in [-0.4, -0.2) is 39.5 Å². The van der Waals surface area contributed by atoms with Gasteiger partial charge in [-0.3, -0.25) is 4.79 Å². The highest BCUT2D eigenvalue weighted by Crippen LogP contribution is 2.19. The van der Waals surface area contributed by atoms with Crippen molar-refractivity contribution in [2.75, 3.05) is 13.1 Å². The summed E-state index contributed by atoms with van der Waals surface area (Å²) >= 11 is 0. The van der Waals surface area contributed by atoms with Gasteiger partial charge < -0.3 is 14.8 Å². The monoisotopic (exact) mass is 435 g/mol. The first-order valence-electron chi connectivity index (χ1n) is 11.2. The second-order valence-corrected chi connectivity index (χ2v) is 8.50. The van der Waals surface area contributed by atoms with Gasteiger partial charge in [0.1, 0.15) is 0 Å². The minimum absolute atomic E-state index is 0.0934. The van der Waals surface area contributed by atoms with Crippen molar-refractivity contribution < 1.29 is 4.79 Å². The van der Waals surface area contributed by atoms with Crippen molar-refractivity contribution in [2.24, 2.45) is 0 Å². The number of nitrogens with zero attached hydrogens (tertiary/aromatic N) is 4. The summed E-state index contributed by atoms with van der Waals surface area (Å²) in [5.41, 5.74) is 3.63. The fourth-order valence-electron chi connectivity index (χ4n) is 4.38. The van der Waals surface area contributed by atoms with Gasteiger partial charge in [0.15, 0.2) is 0 Å². The minimum Gasteiger partial charge on any atom is -0.337 e. The lowest BCUT2D eigenvalue weighted by molar-refractivity contribution is 0.0789. The number of nitrogens with one attached hydrogen (secondary N) is 1. The number of fused-ring (bicyclic) bond motifs is 1. The Kier molecular flexibility index (Phi) is 5.88. The first-order chi connectivity index (χ1) is 16.2.